The van der Waals surface area contributed by atoms with Crippen LogP contribution in [0.1, 0.15) is 17.5 Å². The van der Waals surface area contributed by atoms with Crippen molar-refractivity contribution in [3.8, 4) is 0 Å². The van der Waals surface area contributed by atoms with E-state index in [0.29, 0.717) is 17.5 Å². The lowest BCUT2D eigenvalue weighted by molar-refractivity contribution is -0.142. The number of hydrogen-bond donors (Lipinski definition) is 3. The fourth-order valence-corrected chi connectivity index (χ4v) is 2.26. The van der Waals surface area contributed by atoms with E-state index < -0.39 is 17.5 Å². The molecule has 0 aliphatic carbocycles. The van der Waals surface area contributed by atoms with E-state index in [1.807, 2.05) is 0 Å². The highest BCUT2D eigenvalue weighted by atomic mass is 16.4. The van der Waals surface area contributed by atoms with Gasteiger partial charge in [0.15, 0.2) is 5.54 Å². The molecule has 0 radical (unpaired) electrons. The van der Waals surface area contributed by atoms with E-state index in [1.54, 1.807) is 48.7 Å². The topological polar surface area (TPSA) is 86.6 Å². The summed E-state index contributed by atoms with van der Waals surface area (Å²) >= 11 is 0. The Morgan fingerprint density at radius 1 is 1.15 bits per heavy atom. The summed E-state index contributed by atoms with van der Waals surface area (Å²) < 4.78 is 0. The van der Waals surface area contributed by atoms with Crippen molar-refractivity contribution < 1.29 is 19.8 Å². The molecule has 5 nitrogen and oxygen atoms in total. The standard InChI is InChI=1S/C15H15NO4/c17-13(18)8-7-11-5-1-2-6-12(11)15(14(19)20)9-3-4-10-16-15/h1-6,9-10,16H,7-8H2,(H,17,18)(H,19,20). The first-order chi connectivity index (χ1) is 9.56. The van der Waals surface area contributed by atoms with Gasteiger partial charge in [0.2, 0.25) is 0 Å². The van der Waals surface area contributed by atoms with Gasteiger partial charge >= 0.3 is 11.9 Å². The number of aryl methyl sites for hydroxylation is 1. The maximum Gasteiger partial charge on any atom is 0.338 e. The van der Waals surface area contributed by atoms with Gasteiger partial charge in [-0.05, 0) is 35.9 Å². The van der Waals surface area contributed by atoms with Gasteiger partial charge < -0.3 is 15.5 Å². The highest BCUT2D eigenvalue weighted by Crippen LogP contribution is 2.29. The van der Waals surface area contributed by atoms with E-state index in [9.17, 15) is 14.7 Å². The quantitative estimate of drug-likeness (QED) is 0.759. The lowest BCUT2D eigenvalue weighted by Gasteiger charge is -2.30. The van der Waals surface area contributed by atoms with Crippen LogP contribution in [0.5, 0.6) is 0 Å². The van der Waals surface area contributed by atoms with Crippen molar-refractivity contribution in [3.63, 3.8) is 0 Å². The number of hydrogen-bond acceptors (Lipinski definition) is 3. The molecule has 0 saturated carbocycles. The first-order valence-corrected chi connectivity index (χ1v) is 6.22. The molecule has 1 aromatic rings. The van der Waals surface area contributed by atoms with Gasteiger partial charge in [0.05, 0.1) is 0 Å². The molecule has 0 spiro atoms. The Morgan fingerprint density at radius 3 is 2.50 bits per heavy atom. The van der Waals surface area contributed by atoms with Crippen molar-refractivity contribution in [2.45, 2.75) is 18.4 Å². The zero-order valence-corrected chi connectivity index (χ0v) is 10.7. The first kappa shape index (κ1) is 13.9. The van der Waals surface area contributed by atoms with Crippen molar-refractivity contribution in [3.05, 3.63) is 59.8 Å². The molecule has 3 N–H and O–H groups in total. The monoisotopic (exact) mass is 273 g/mol. The van der Waals surface area contributed by atoms with Crippen LogP contribution in [0.4, 0.5) is 0 Å². The van der Waals surface area contributed by atoms with E-state index >= 15 is 0 Å². The fourth-order valence-electron chi connectivity index (χ4n) is 2.26. The summed E-state index contributed by atoms with van der Waals surface area (Å²) in [5, 5.41) is 21.2. The Hall–Kier alpha value is -2.56. The van der Waals surface area contributed by atoms with Crippen LogP contribution in [0.2, 0.25) is 0 Å². The molecule has 1 aromatic carbocycles. The van der Waals surface area contributed by atoms with Crippen LogP contribution in [0, 0.1) is 0 Å². The number of carbonyl (C=O) groups is 2. The molecule has 1 atom stereocenters. The van der Waals surface area contributed by atoms with Crippen molar-refractivity contribution in [1.29, 1.82) is 0 Å². The van der Waals surface area contributed by atoms with E-state index in [2.05, 4.69) is 5.32 Å². The molecule has 0 amide bonds. The molecule has 0 bridgehead atoms. The molecule has 20 heavy (non-hydrogen) atoms. The Bertz CT molecular complexity index is 591. The highest BCUT2D eigenvalue weighted by Gasteiger charge is 2.39. The van der Waals surface area contributed by atoms with Crippen LogP contribution in [0.15, 0.2) is 48.7 Å². The summed E-state index contributed by atoms with van der Waals surface area (Å²) in [6, 6.07) is 7.00. The number of dihydropyridines is 1. The van der Waals surface area contributed by atoms with Crippen LogP contribution in [-0.2, 0) is 21.5 Å². The van der Waals surface area contributed by atoms with Crippen LogP contribution in [0.3, 0.4) is 0 Å². The lowest BCUT2D eigenvalue weighted by Crippen LogP contribution is -2.46. The van der Waals surface area contributed by atoms with Crippen molar-refractivity contribution >= 4 is 11.9 Å². The van der Waals surface area contributed by atoms with E-state index in [1.165, 1.54) is 0 Å². The molecular weight excluding hydrogens is 258 g/mol. The molecular formula is C15H15NO4. The van der Waals surface area contributed by atoms with Gasteiger partial charge in [-0.2, -0.15) is 0 Å². The zero-order chi connectivity index (χ0) is 14.6. The van der Waals surface area contributed by atoms with E-state index in [-0.39, 0.29) is 6.42 Å². The second kappa shape index (κ2) is 5.61. The Labute approximate surface area is 116 Å². The van der Waals surface area contributed by atoms with E-state index in [4.69, 9.17) is 5.11 Å². The van der Waals surface area contributed by atoms with Gasteiger partial charge in [0.25, 0.3) is 0 Å². The number of carboxylic acids is 2. The zero-order valence-electron chi connectivity index (χ0n) is 10.7. The summed E-state index contributed by atoms with van der Waals surface area (Å²) in [6.07, 6.45) is 6.77. The van der Waals surface area contributed by atoms with Crippen LogP contribution in [0.25, 0.3) is 0 Å². The van der Waals surface area contributed by atoms with Gasteiger partial charge in [-0.1, -0.05) is 30.3 Å². The molecule has 104 valence electrons. The number of carboxylic acid groups (broad SMARTS) is 2. The molecule has 0 saturated heterocycles. The summed E-state index contributed by atoms with van der Waals surface area (Å²) in [7, 11) is 0. The first-order valence-electron chi connectivity index (χ1n) is 6.22. The third-order valence-electron chi connectivity index (χ3n) is 3.25. The molecule has 1 unspecified atom stereocenters. The lowest BCUT2D eigenvalue weighted by atomic mass is 9.84. The third-order valence-corrected chi connectivity index (χ3v) is 3.25. The summed E-state index contributed by atoms with van der Waals surface area (Å²) in [4.78, 5) is 22.4. The molecule has 5 heteroatoms. The third kappa shape index (κ3) is 2.56. The number of benzene rings is 1. The van der Waals surface area contributed by atoms with Crippen molar-refractivity contribution in [2.75, 3.05) is 0 Å². The fraction of sp³-hybridized carbons (Fsp3) is 0.200. The molecule has 1 aliphatic heterocycles. The van der Waals surface area contributed by atoms with Crippen molar-refractivity contribution in [1.82, 2.24) is 5.32 Å². The smallest absolute Gasteiger partial charge is 0.338 e. The Morgan fingerprint density at radius 2 is 1.90 bits per heavy atom. The van der Waals surface area contributed by atoms with E-state index in [0.717, 1.165) is 0 Å². The Balaban J connectivity index is 2.44. The predicted molar refractivity (Wildman–Crippen MR) is 73.1 cm³/mol. The molecule has 0 fully saturated rings. The molecule has 0 aromatic heterocycles. The van der Waals surface area contributed by atoms with Crippen LogP contribution < -0.4 is 5.32 Å². The maximum atomic E-state index is 11.7. The Kier molecular flexibility index (Phi) is 3.89. The summed E-state index contributed by atoms with van der Waals surface area (Å²) in [6.45, 7) is 0. The number of nitrogens with one attached hydrogen (secondary N) is 1. The van der Waals surface area contributed by atoms with Crippen LogP contribution in [-0.4, -0.2) is 22.2 Å². The summed E-state index contributed by atoms with van der Waals surface area (Å²) in [5.74, 6) is -1.93. The normalized spacial score (nSPS) is 20.4. The number of aliphatic carboxylic acids is 2. The largest absolute Gasteiger partial charge is 0.481 e. The van der Waals surface area contributed by atoms with Gasteiger partial charge in [-0.3, -0.25) is 4.79 Å². The SMILES string of the molecule is O=C(O)CCc1ccccc1C1(C(=O)O)C=CC=CN1. The number of allylic oxidation sites excluding steroid dienone is 2. The molecule has 2 rings (SSSR count). The van der Waals surface area contributed by atoms with Gasteiger partial charge in [-0.25, -0.2) is 4.79 Å². The minimum Gasteiger partial charge on any atom is -0.481 e. The van der Waals surface area contributed by atoms with Gasteiger partial charge in [0.1, 0.15) is 0 Å². The molecule has 1 heterocycles. The predicted octanol–water partition coefficient (Wildman–Crippen LogP) is 1.66. The average molecular weight is 273 g/mol. The van der Waals surface area contributed by atoms with Crippen LogP contribution >= 0.6 is 0 Å². The van der Waals surface area contributed by atoms with Crippen molar-refractivity contribution in [2.24, 2.45) is 0 Å². The molecule has 1 aliphatic rings. The van der Waals surface area contributed by atoms with Gasteiger partial charge in [0, 0.05) is 6.42 Å². The minimum atomic E-state index is -1.34. The minimum absolute atomic E-state index is 0.0355. The van der Waals surface area contributed by atoms with Gasteiger partial charge in [-0.15, -0.1) is 0 Å². The summed E-state index contributed by atoms with van der Waals surface area (Å²) in [5.41, 5.74) is -0.0665. The maximum absolute atomic E-state index is 11.7. The average Bonchev–Trinajstić information content (AvgIpc) is 2.46. The highest BCUT2D eigenvalue weighted by molar-refractivity contribution is 5.85. The number of rotatable bonds is 5. The second-order valence-corrected chi connectivity index (χ2v) is 4.53. The second-order valence-electron chi connectivity index (χ2n) is 4.53.